The van der Waals surface area contributed by atoms with Crippen molar-refractivity contribution < 1.29 is 19.7 Å². The van der Waals surface area contributed by atoms with Gasteiger partial charge in [-0.3, -0.25) is 0 Å². The minimum Gasteiger partial charge on any atom is -0.491 e. The molecule has 2 aromatic rings. The fraction of sp³-hybridized carbons (Fsp3) is 0.500. The second-order valence-corrected chi connectivity index (χ2v) is 7.26. The zero-order valence-corrected chi connectivity index (χ0v) is 17.1. The highest BCUT2D eigenvalue weighted by Crippen LogP contribution is 2.25. The highest BCUT2D eigenvalue weighted by Gasteiger charge is 2.06. The van der Waals surface area contributed by atoms with Gasteiger partial charge in [-0.2, -0.15) is 0 Å². The Morgan fingerprint density at radius 1 is 0.643 bits per heavy atom. The molecular weight excluding hydrogens is 352 g/mol. The van der Waals surface area contributed by atoms with E-state index in [0.717, 1.165) is 61.2 Å². The fourth-order valence-electron chi connectivity index (χ4n) is 2.92. The lowest BCUT2D eigenvalue weighted by molar-refractivity contribution is 0.0979. The Kier molecular flexibility index (Phi) is 9.87. The lowest BCUT2D eigenvalue weighted by atomic mass is 10.1. The minimum atomic E-state index is -0.410. The smallest absolute Gasteiger partial charge is 0.119 e. The molecule has 2 N–H and O–H groups in total. The summed E-state index contributed by atoms with van der Waals surface area (Å²) in [5, 5.41) is 19.7. The van der Waals surface area contributed by atoms with Crippen LogP contribution in [0.25, 0.3) is 11.1 Å². The summed E-state index contributed by atoms with van der Waals surface area (Å²) in [5.74, 6) is 1.53. The maximum Gasteiger partial charge on any atom is 0.119 e. The minimum absolute atomic E-state index is 0.329. The zero-order chi connectivity index (χ0) is 20.2. The molecule has 0 saturated heterocycles. The van der Waals surface area contributed by atoms with Gasteiger partial charge >= 0.3 is 0 Å². The normalized spacial score (nSPS) is 13.1. The number of hydrogen-bond donors (Lipinski definition) is 2. The molecule has 2 aromatic carbocycles. The lowest BCUT2D eigenvalue weighted by Crippen LogP contribution is -2.17. The van der Waals surface area contributed by atoms with Crippen LogP contribution >= 0.6 is 0 Å². The molecule has 0 aliphatic heterocycles. The van der Waals surface area contributed by atoms with Crippen molar-refractivity contribution in [1.29, 1.82) is 0 Å². The molecule has 0 aliphatic carbocycles. The topological polar surface area (TPSA) is 58.9 Å². The number of aliphatic hydroxyl groups excluding tert-OH is 2. The molecule has 0 aromatic heterocycles. The lowest BCUT2D eigenvalue weighted by Gasteiger charge is -2.13. The molecule has 4 nitrogen and oxygen atoms in total. The second-order valence-electron chi connectivity index (χ2n) is 7.26. The Bertz CT molecular complexity index is 592. The van der Waals surface area contributed by atoms with Crippen molar-refractivity contribution in [2.75, 3.05) is 13.2 Å². The summed E-state index contributed by atoms with van der Waals surface area (Å²) >= 11 is 0. The first kappa shape index (κ1) is 22.3. The van der Waals surface area contributed by atoms with Crippen molar-refractivity contribution in [1.82, 2.24) is 0 Å². The summed E-state index contributed by atoms with van der Waals surface area (Å²) in [5.41, 5.74) is 2.18. The largest absolute Gasteiger partial charge is 0.491 e. The predicted molar refractivity (Wildman–Crippen MR) is 114 cm³/mol. The molecule has 154 valence electrons. The maximum absolute atomic E-state index is 9.87. The Hall–Kier alpha value is -2.04. The van der Waals surface area contributed by atoms with Gasteiger partial charge in [0.05, 0.1) is 12.2 Å². The van der Waals surface area contributed by atoms with E-state index in [9.17, 15) is 10.2 Å². The summed E-state index contributed by atoms with van der Waals surface area (Å²) in [4.78, 5) is 0. The summed E-state index contributed by atoms with van der Waals surface area (Å²) in [7, 11) is 0. The summed E-state index contributed by atoms with van der Waals surface area (Å²) in [6.45, 7) is 4.88. The molecule has 0 heterocycles. The molecule has 4 heteroatoms. The zero-order valence-electron chi connectivity index (χ0n) is 17.1. The standard InChI is InChI=1S/C24H34O4/c1-3-5-7-21(25)17-27-23-13-9-19(10-14-23)20-11-15-24(16-12-20)28-18-22(26)8-6-4-2/h9-16,21-22,25-26H,3-8,17-18H2,1-2H3. The Morgan fingerprint density at radius 3 is 1.32 bits per heavy atom. The number of rotatable bonds is 13. The molecule has 0 saturated carbocycles. The van der Waals surface area contributed by atoms with Crippen LogP contribution in [0.3, 0.4) is 0 Å². The molecule has 0 aliphatic rings. The number of hydrogen-bond acceptors (Lipinski definition) is 4. The van der Waals surface area contributed by atoms with Gasteiger partial charge < -0.3 is 19.7 Å². The first-order valence-corrected chi connectivity index (χ1v) is 10.4. The van der Waals surface area contributed by atoms with Crippen molar-refractivity contribution in [3.8, 4) is 22.6 Å². The molecule has 0 spiro atoms. The van der Waals surface area contributed by atoms with Crippen molar-refractivity contribution in [2.45, 2.75) is 64.6 Å². The van der Waals surface area contributed by atoms with Gasteiger partial charge in [-0.1, -0.05) is 63.8 Å². The Morgan fingerprint density at radius 2 is 1.00 bits per heavy atom. The monoisotopic (exact) mass is 386 g/mol. The van der Waals surface area contributed by atoms with Gasteiger partial charge in [0.15, 0.2) is 0 Å². The van der Waals surface area contributed by atoms with E-state index in [2.05, 4.69) is 13.8 Å². The van der Waals surface area contributed by atoms with Gasteiger partial charge in [0.2, 0.25) is 0 Å². The summed E-state index contributed by atoms with van der Waals surface area (Å²) in [6, 6.07) is 15.8. The molecule has 2 rings (SSSR count). The van der Waals surface area contributed by atoms with Crippen molar-refractivity contribution in [3.63, 3.8) is 0 Å². The van der Waals surface area contributed by atoms with Crippen LogP contribution in [0, 0.1) is 0 Å². The SMILES string of the molecule is CCCCC(O)COc1ccc(-c2ccc(OCC(O)CCCC)cc2)cc1. The van der Waals surface area contributed by atoms with Crippen LogP contribution in [0.2, 0.25) is 0 Å². The molecule has 2 atom stereocenters. The van der Waals surface area contributed by atoms with Crippen molar-refractivity contribution in [2.24, 2.45) is 0 Å². The predicted octanol–water partition coefficient (Wildman–Crippen LogP) is 5.21. The Labute approximate surface area is 169 Å². The fourth-order valence-corrected chi connectivity index (χ4v) is 2.92. The molecule has 0 radical (unpaired) electrons. The molecular formula is C24H34O4. The van der Waals surface area contributed by atoms with Crippen LogP contribution in [-0.4, -0.2) is 35.6 Å². The summed E-state index contributed by atoms with van der Waals surface area (Å²) in [6.07, 6.45) is 4.92. The van der Waals surface area contributed by atoms with E-state index in [1.165, 1.54) is 0 Å². The third-order valence-corrected chi connectivity index (χ3v) is 4.71. The molecule has 0 amide bonds. The van der Waals surface area contributed by atoms with Crippen LogP contribution < -0.4 is 9.47 Å². The van der Waals surface area contributed by atoms with Crippen molar-refractivity contribution in [3.05, 3.63) is 48.5 Å². The van der Waals surface area contributed by atoms with E-state index in [-0.39, 0.29) is 0 Å². The van der Waals surface area contributed by atoms with Crippen LogP contribution in [0.4, 0.5) is 0 Å². The number of ether oxygens (including phenoxy) is 2. The van der Waals surface area contributed by atoms with Gasteiger partial charge in [-0.25, -0.2) is 0 Å². The molecule has 0 fully saturated rings. The number of unbranched alkanes of at least 4 members (excludes halogenated alkanes) is 2. The van der Waals surface area contributed by atoms with Crippen LogP contribution in [0.1, 0.15) is 52.4 Å². The van der Waals surface area contributed by atoms with E-state index in [1.807, 2.05) is 48.5 Å². The van der Waals surface area contributed by atoms with Gasteiger partial charge in [-0.05, 0) is 48.2 Å². The highest BCUT2D eigenvalue weighted by molar-refractivity contribution is 5.64. The summed E-state index contributed by atoms with van der Waals surface area (Å²) < 4.78 is 11.3. The number of benzene rings is 2. The second kappa shape index (κ2) is 12.4. The van der Waals surface area contributed by atoms with Gasteiger partial charge in [-0.15, -0.1) is 0 Å². The quantitative estimate of drug-likeness (QED) is 0.496. The Balaban J connectivity index is 1.83. The molecule has 0 bridgehead atoms. The van der Waals surface area contributed by atoms with E-state index in [1.54, 1.807) is 0 Å². The van der Waals surface area contributed by atoms with E-state index in [4.69, 9.17) is 9.47 Å². The average Bonchev–Trinajstić information content (AvgIpc) is 2.74. The average molecular weight is 387 g/mol. The van der Waals surface area contributed by atoms with Gasteiger partial charge in [0, 0.05) is 0 Å². The first-order chi connectivity index (χ1) is 13.6. The van der Waals surface area contributed by atoms with Crippen LogP contribution in [-0.2, 0) is 0 Å². The van der Waals surface area contributed by atoms with Crippen molar-refractivity contribution >= 4 is 0 Å². The van der Waals surface area contributed by atoms with Crippen LogP contribution in [0.5, 0.6) is 11.5 Å². The molecule has 2 unspecified atom stereocenters. The van der Waals surface area contributed by atoms with Gasteiger partial charge in [0.25, 0.3) is 0 Å². The van der Waals surface area contributed by atoms with E-state index in [0.29, 0.717) is 13.2 Å². The third-order valence-electron chi connectivity index (χ3n) is 4.71. The number of aliphatic hydroxyl groups is 2. The third kappa shape index (κ3) is 7.91. The highest BCUT2D eigenvalue weighted by atomic mass is 16.5. The first-order valence-electron chi connectivity index (χ1n) is 10.4. The molecule has 28 heavy (non-hydrogen) atoms. The van der Waals surface area contributed by atoms with Crippen LogP contribution in [0.15, 0.2) is 48.5 Å². The van der Waals surface area contributed by atoms with Gasteiger partial charge in [0.1, 0.15) is 24.7 Å². The maximum atomic E-state index is 9.87. The van der Waals surface area contributed by atoms with E-state index >= 15 is 0 Å². The van der Waals surface area contributed by atoms with E-state index < -0.39 is 12.2 Å².